The monoisotopic (exact) mass is 425 g/mol. The lowest BCUT2D eigenvalue weighted by Crippen LogP contribution is -2.64. The molecule has 9 heteroatoms. The van der Waals surface area contributed by atoms with Gasteiger partial charge in [0.1, 0.15) is 17.0 Å². The Hall–Kier alpha value is -2.58. The third kappa shape index (κ3) is 3.65. The van der Waals surface area contributed by atoms with Crippen LogP contribution in [-0.4, -0.2) is 39.5 Å². The predicted molar refractivity (Wildman–Crippen MR) is 101 cm³/mol. The van der Waals surface area contributed by atoms with Crippen LogP contribution in [0.3, 0.4) is 0 Å². The lowest BCUT2D eigenvalue weighted by molar-refractivity contribution is -0.137. The highest BCUT2D eigenvalue weighted by Gasteiger charge is 2.56. The van der Waals surface area contributed by atoms with Crippen LogP contribution in [0.4, 0.5) is 22.4 Å². The summed E-state index contributed by atoms with van der Waals surface area (Å²) in [4.78, 5) is 13.7. The molecule has 2 fully saturated rings. The molecule has 2 aliphatic rings. The molecule has 162 valence electrons. The van der Waals surface area contributed by atoms with Crippen LogP contribution in [-0.2, 0) is 10.9 Å². The van der Waals surface area contributed by atoms with Gasteiger partial charge in [0.05, 0.1) is 17.9 Å². The van der Waals surface area contributed by atoms with Crippen LogP contribution in [0, 0.1) is 11.2 Å². The highest BCUT2D eigenvalue weighted by Crippen LogP contribution is 2.55. The summed E-state index contributed by atoms with van der Waals surface area (Å²) >= 11 is 0. The van der Waals surface area contributed by atoms with Crippen LogP contribution in [0.15, 0.2) is 30.5 Å². The highest BCUT2D eigenvalue weighted by molar-refractivity contribution is 5.69. The fourth-order valence-electron chi connectivity index (χ4n) is 4.36. The van der Waals surface area contributed by atoms with Crippen molar-refractivity contribution in [3.63, 3.8) is 0 Å². The smallest absolute Gasteiger partial charge is 0.420 e. The summed E-state index contributed by atoms with van der Waals surface area (Å²) < 4.78 is 61.6. The molecule has 1 aliphatic heterocycles. The van der Waals surface area contributed by atoms with Crippen molar-refractivity contribution in [3.05, 3.63) is 41.8 Å². The molecule has 2 aromatic rings. The minimum atomic E-state index is -4.64. The highest BCUT2D eigenvalue weighted by atomic mass is 19.4. The van der Waals surface area contributed by atoms with Crippen LogP contribution in [0.1, 0.15) is 45.2 Å². The molecule has 4 rings (SSSR count). The van der Waals surface area contributed by atoms with Gasteiger partial charge in [0.2, 0.25) is 0 Å². The number of hydrogen-bond donors (Lipinski definition) is 0. The topological polar surface area (TPSA) is 47.4 Å². The van der Waals surface area contributed by atoms with Gasteiger partial charge >= 0.3 is 12.3 Å². The SMILES string of the molecule is CC(C)(C)OC(=O)N1CC2(CC(n3ncc(C(F)(F)F)c3-c3ccccc3F)C2)C1. The molecule has 0 atom stereocenters. The second-order valence-electron chi connectivity index (χ2n) is 9.23. The molecule has 1 spiro atoms. The molecule has 1 saturated carbocycles. The molecule has 1 aromatic carbocycles. The van der Waals surface area contributed by atoms with Crippen LogP contribution >= 0.6 is 0 Å². The van der Waals surface area contributed by atoms with Crippen molar-refractivity contribution in [2.24, 2.45) is 5.41 Å². The van der Waals surface area contributed by atoms with Gasteiger partial charge in [-0.3, -0.25) is 4.68 Å². The van der Waals surface area contributed by atoms with E-state index in [9.17, 15) is 22.4 Å². The minimum Gasteiger partial charge on any atom is -0.444 e. The van der Waals surface area contributed by atoms with Gasteiger partial charge in [0, 0.05) is 24.1 Å². The largest absolute Gasteiger partial charge is 0.444 e. The normalized spacial score (nSPS) is 18.8. The first-order valence-electron chi connectivity index (χ1n) is 9.76. The Balaban J connectivity index is 1.52. The number of likely N-dealkylation sites (tertiary alicyclic amines) is 1. The number of alkyl halides is 3. The van der Waals surface area contributed by atoms with Gasteiger partial charge in [-0.1, -0.05) is 12.1 Å². The van der Waals surface area contributed by atoms with Gasteiger partial charge in [-0.2, -0.15) is 18.3 Å². The van der Waals surface area contributed by atoms with E-state index in [1.54, 1.807) is 25.7 Å². The number of rotatable bonds is 2. The van der Waals surface area contributed by atoms with E-state index in [0.29, 0.717) is 25.9 Å². The third-order valence-corrected chi connectivity index (χ3v) is 5.62. The molecule has 1 saturated heterocycles. The molecule has 5 nitrogen and oxygen atoms in total. The first-order chi connectivity index (χ1) is 13.9. The number of nitrogens with zero attached hydrogens (tertiary/aromatic N) is 3. The molecule has 30 heavy (non-hydrogen) atoms. The van der Waals surface area contributed by atoms with Crippen molar-refractivity contribution in [1.29, 1.82) is 0 Å². The van der Waals surface area contributed by atoms with E-state index in [4.69, 9.17) is 4.74 Å². The van der Waals surface area contributed by atoms with E-state index in [1.165, 1.54) is 22.9 Å². The fourth-order valence-corrected chi connectivity index (χ4v) is 4.36. The lowest BCUT2D eigenvalue weighted by atomic mass is 9.60. The quantitative estimate of drug-likeness (QED) is 0.615. The van der Waals surface area contributed by atoms with Gasteiger partial charge < -0.3 is 9.64 Å². The molecule has 1 aliphatic carbocycles. The van der Waals surface area contributed by atoms with E-state index in [-0.39, 0.29) is 28.8 Å². The second-order valence-corrected chi connectivity index (χ2v) is 9.23. The molecule has 0 unspecified atom stereocenters. The van der Waals surface area contributed by atoms with Crippen LogP contribution in [0.2, 0.25) is 0 Å². The number of ether oxygens (including phenoxy) is 1. The van der Waals surface area contributed by atoms with Gasteiger partial charge in [-0.05, 0) is 45.7 Å². The third-order valence-electron chi connectivity index (χ3n) is 5.62. The Morgan fingerprint density at radius 3 is 2.37 bits per heavy atom. The first kappa shape index (κ1) is 20.7. The zero-order valence-electron chi connectivity index (χ0n) is 17.0. The van der Waals surface area contributed by atoms with Gasteiger partial charge in [0.15, 0.2) is 0 Å². The number of hydrogen-bond acceptors (Lipinski definition) is 3. The van der Waals surface area contributed by atoms with Crippen LogP contribution in [0.5, 0.6) is 0 Å². The second kappa shape index (κ2) is 6.72. The minimum absolute atomic E-state index is 0.118. The number of benzene rings is 1. The molecule has 1 amide bonds. The maximum atomic E-state index is 14.3. The zero-order chi connectivity index (χ0) is 21.9. The molecular weight excluding hydrogens is 402 g/mol. The summed E-state index contributed by atoms with van der Waals surface area (Å²) in [5.74, 6) is -0.724. The Labute approximate surface area is 171 Å². The standard InChI is InChI=1S/C21H23F4N3O2/c1-19(2,3)30-18(29)27-11-20(12-27)8-13(9-20)28-17(14-6-4-5-7-16(14)22)15(10-26-28)21(23,24)25/h4-7,10,13H,8-9,11-12H2,1-3H3. The van der Waals surface area contributed by atoms with Crippen molar-refractivity contribution < 1.29 is 27.1 Å². The van der Waals surface area contributed by atoms with Crippen molar-refractivity contribution in [2.45, 2.75) is 51.4 Å². The fraction of sp³-hybridized carbons (Fsp3) is 0.524. The van der Waals surface area contributed by atoms with Gasteiger partial charge in [-0.15, -0.1) is 0 Å². The molecule has 0 bridgehead atoms. The van der Waals surface area contributed by atoms with Crippen LogP contribution < -0.4 is 0 Å². The van der Waals surface area contributed by atoms with Crippen LogP contribution in [0.25, 0.3) is 11.3 Å². The average Bonchev–Trinajstić information content (AvgIpc) is 2.95. The van der Waals surface area contributed by atoms with Crippen molar-refractivity contribution in [2.75, 3.05) is 13.1 Å². The molecule has 0 N–H and O–H groups in total. The van der Waals surface area contributed by atoms with E-state index in [2.05, 4.69) is 5.10 Å². The molecule has 2 heterocycles. The van der Waals surface area contributed by atoms with E-state index < -0.39 is 23.2 Å². The molecular formula is C21H23F4N3O2. The number of carbonyl (C=O) groups excluding carboxylic acids is 1. The van der Waals surface area contributed by atoms with E-state index in [1.807, 2.05) is 0 Å². The Morgan fingerprint density at radius 2 is 1.80 bits per heavy atom. The van der Waals surface area contributed by atoms with Crippen molar-refractivity contribution in [1.82, 2.24) is 14.7 Å². The summed E-state index contributed by atoms with van der Waals surface area (Å²) in [7, 11) is 0. The number of carbonyl (C=O) groups is 1. The molecule has 0 radical (unpaired) electrons. The average molecular weight is 425 g/mol. The van der Waals surface area contributed by atoms with Crippen molar-refractivity contribution >= 4 is 6.09 Å². The predicted octanol–water partition coefficient (Wildman–Crippen LogP) is 5.28. The first-order valence-corrected chi connectivity index (χ1v) is 9.76. The van der Waals surface area contributed by atoms with Crippen molar-refractivity contribution in [3.8, 4) is 11.3 Å². The maximum absolute atomic E-state index is 14.3. The van der Waals surface area contributed by atoms with Gasteiger partial charge in [-0.25, -0.2) is 9.18 Å². The zero-order valence-corrected chi connectivity index (χ0v) is 17.0. The lowest BCUT2D eigenvalue weighted by Gasteiger charge is -2.58. The summed E-state index contributed by atoms with van der Waals surface area (Å²) in [5.41, 5.74) is -2.04. The summed E-state index contributed by atoms with van der Waals surface area (Å²) in [5, 5.41) is 3.97. The number of halogens is 4. The summed E-state index contributed by atoms with van der Waals surface area (Å²) in [6.45, 7) is 6.38. The van der Waals surface area contributed by atoms with Gasteiger partial charge in [0.25, 0.3) is 0 Å². The number of amides is 1. The Kier molecular flexibility index (Phi) is 4.63. The Bertz CT molecular complexity index is 963. The Morgan fingerprint density at radius 1 is 1.17 bits per heavy atom. The van der Waals surface area contributed by atoms with E-state index in [0.717, 1.165) is 12.3 Å². The number of aromatic nitrogens is 2. The summed E-state index contributed by atoms with van der Waals surface area (Å²) in [6.07, 6.45) is -3.11. The maximum Gasteiger partial charge on any atom is 0.420 e. The van der Waals surface area contributed by atoms with E-state index >= 15 is 0 Å². The summed E-state index contributed by atoms with van der Waals surface area (Å²) in [6, 6.07) is 5.13. The molecule has 1 aromatic heterocycles.